The Balaban J connectivity index is 1.63. The van der Waals surface area contributed by atoms with Crippen molar-refractivity contribution in [3.63, 3.8) is 0 Å². The number of aromatic nitrogens is 4. The van der Waals surface area contributed by atoms with Gasteiger partial charge in [0.2, 0.25) is 5.91 Å². The summed E-state index contributed by atoms with van der Waals surface area (Å²) in [5.74, 6) is 0.977. The molecule has 0 aliphatic carbocycles. The number of benzene rings is 2. The Labute approximate surface area is 173 Å². The van der Waals surface area contributed by atoms with Crippen LogP contribution in [-0.2, 0) is 11.2 Å². The molecular weight excluding hydrogens is 386 g/mol. The Morgan fingerprint density at radius 2 is 1.69 bits per heavy atom. The maximum Gasteiger partial charge on any atom is 0.253 e. The number of fused-ring (bicyclic) bond motifs is 1. The first-order chi connectivity index (χ1) is 13.9. The molecule has 0 aliphatic heterocycles. The maximum atomic E-state index is 12.6. The van der Waals surface area contributed by atoms with E-state index >= 15 is 0 Å². The van der Waals surface area contributed by atoms with Crippen LogP contribution in [0.1, 0.15) is 22.5 Å². The summed E-state index contributed by atoms with van der Waals surface area (Å²) in [6.45, 7) is 5.82. The highest BCUT2D eigenvalue weighted by atomic mass is 35.5. The minimum atomic E-state index is -0.0979. The monoisotopic (exact) mass is 405 g/mol. The summed E-state index contributed by atoms with van der Waals surface area (Å²) < 4.78 is 1.69. The third kappa shape index (κ3) is 3.98. The van der Waals surface area contributed by atoms with E-state index in [2.05, 4.69) is 20.4 Å². The van der Waals surface area contributed by atoms with E-state index in [0.717, 1.165) is 33.8 Å². The molecule has 2 aromatic heterocycles. The third-order valence-electron chi connectivity index (χ3n) is 4.82. The number of nitrogens with one attached hydrogen (secondary N) is 1. The molecule has 0 aliphatic rings. The van der Waals surface area contributed by atoms with Crippen LogP contribution in [-0.4, -0.2) is 25.5 Å². The predicted octanol–water partition coefficient (Wildman–Crippen LogP) is 4.55. The molecule has 0 radical (unpaired) electrons. The van der Waals surface area contributed by atoms with Crippen molar-refractivity contribution in [1.29, 1.82) is 0 Å². The van der Waals surface area contributed by atoms with Crippen molar-refractivity contribution in [3.8, 4) is 11.4 Å². The molecule has 1 amide bonds. The summed E-state index contributed by atoms with van der Waals surface area (Å²) in [5, 5.41) is 8.17. The fraction of sp³-hybridized carbons (Fsp3) is 0.182. The van der Waals surface area contributed by atoms with Crippen LogP contribution in [0.3, 0.4) is 0 Å². The lowest BCUT2D eigenvalue weighted by Gasteiger charge is -2.11. The van der Waals surface area contributed by atoms with Crippen LogP contribution in [0, 0.1) is 20.8 Å². The van der Waals surface area contributed by atoms with Gasteiger partial charge in [-0.3, -0.25) is 4.79 Å². The topological polar surface area (TPSA) is 72.2 Å². The number of halogens is 1. The highest BCUT2D eigenvalue weighted by Crippen LogP contribution is 2.21. The molecular formula is C22H20ClN5O. The molecule has 7 heteroatoms. The van der Waals surface area contributed by atoms with Crippen LogP contribution in [0.25, 0.3) is 17.2 Å². The van der Waals surface area contributed by atoms with Crippen molar-refractivity contribution >= 4 is 29.0 Å². The van der Waals surface area contributed by atoms with E-state index < -0.39 is 0 Å². The van der Waals surface area contributed by atoms with E-state index in [4.69, 9.17) is 11.6 Å². The van der Waals surface area contributed by atoms with E-state index in [1.165, 1.54) is 0 Å². The second kappa shape index (κ2) is 7.64. The van der Waals surface area contributed by atoms with Crippen molar-refractivity contribution in [2.45, 2.75) is 27.2 Å². The van der Waals surface area contributed by atoms with Gasteiger partial charge in [-0.15, -0.1) is 5.10 Å². The summed E-state index contributed by atoms with van der Waals surface area (Å²) >= 11 is 5.96. The van der Waals surface area contributed by atoms with E-state index in [-0.39, 0.29) is 12.3 Å². The van der Waals surface area contributed by atoms with Crippen LogP contribution >= 0.6 is 11.6 Å². The fourth-order valence-electron chi connectivity index (χ4n) is 3.19. The molecule has 4 rings (SSSR count). The molecule has 0 spiro atoms. The second-order valence-corrected chi connectivity index (χ2v) is 7.44. The van der Waals surface area contributed by atoms with Gasteiger partial charge >= 0.3 is 0 Å². The number of aryl methyl sites for hydroxylation is 3. The van der Waals surface area contributed by atoms with Crippen molar-refractivity contribution < 1.29 is 4.79 Å². The minimum Gasteiger partial charge on any atom is -0.326 e. The molecule has 6 nitrogen and oxygen atoms in total. The van der Waals surface area contributed by atoms with E-state index in [9.17, 15) is 4.79 Å². The number of carbonyl (C=O) groups is 1. The fourth-order valence-corrected chi connectivity index (χ4v) is 3.31. The van der Waals surface area contributed by atoms with Crippen molar-refractivity contribution in [2.24, 2.45) is 0 Å². The average Bonchev–Trinajstić information content (AvgIpc) is 3.11. The largest absolute Gasteiger partial charge is 0.326 e. The molecule has 0 atom stereocenters. The zero-order valence-electron chi connectivity index (χ0n) is 16.4. The van der Waals surface area contributed by atoms with Gasteiger partial charge in [0, 0.05) is 33.2 Å². The first kappa shape index (κ1) is 19.1. The zero-order valence-corrected chi connectivity index (χ0v) is 17.2. The van der Waals surface area contributed by atoms with E-state index in [0.29, 0.717) is 16.6 Å². The molecule has 0 saturated carbocycles. The Bertz CT molecular complexity index is 1200. The van der Waals surface area contributed by atoms with Crippen LogP contribution in [0.2, 0.25) is 5.02 Å². The number of hydrogen-bond acceptors (Lipinski definition) is 4. The summed E-state index contributed by atoms with van der Waals surface area (Å²) in [6, 6.07) is 15.1. The lowest BCUT2D eigenvalue weighted by atomic mass is 10.1. The standard InChI is InChI=1S/C22H20ClN5O/c1-13-4-10-18(11-5-13)25-20(29)12-19-14(2)24-22-26-21(27-28(22)15(19)3)16-6-8-17(23)9-7-16/h4-11H,12H2,1-3H3,(H,25,29). The number of hydrogen-bond donors (Lipinski definition) is 1. The number of anilines is 1. The Hall–Kier alpha value is -3.25. The number of nitrogens with zero attached hydrogens (tertiary/aromatic N) is 4. The summed E-state index contributed by atoms with van der Waals surface area (Å²) in [6.07, 6.45) is 0.213. The lowest BCUT2D eigenvalue weighted by Crippen LogP contribution is -2.17. The molecule has 0 saturated heterocycles. The smallest absolute Gasteiger partial charge is 0.253 e. The highest BCUT2D eigenvalue weighted by Gasteiger charge is 2.17. The van der Waals surface area contributed by atoms with Gasteiger partial charge in [-0.05, 0) is 57.2 Å². The van der Waals surface area contributed by atoms with Crippen molar-refractivity contribution in [3.05, 3.63) is 76.1 Å². The Kier molecular flexibility index (Phi) is 5.03. The van der Waals surface area contributed by atoms with Crippen LogP contribution in [0.4, 0.5) is 5.69 Å². The molecule has 1 N–H and O–H groups in total. The molecule has 4 aromatic rings. The zero-order chi connectivity index (χ0) is 20.5. The van der Waals surface area contributed by atoms with Gasteiger partial charge in [0.05, 0.1) is 6.42 Å². The highest BCUT2D eigenvalue weighted by molar-refractivity contribution is 6.30. The lowest BCUT2D eigenvalue weighted by molar-refractivity contribution is -0.115. The summed E-state index contributed by atoms with van der Waals surface area (Å²) in [7, 11) is 0. The van der Waals surface area contributed by atoms with Crippen molar-refractivity contribution in [2.75, 3.05) is 5.32 Å². The van der Waals surface area contributed by atoms with E-state index in [1.54, 1.807) is 16.6 Å². The molecule has 0 bridgehead atoms. The molecule has 29 heavy (non-hydrogen) atoms. The first-order valence-electron chi connectivity index (χ1n) is 9.26. The van der Waals surface area contributed by atoms with Crippen LogP contribution in [0.15, 0.2) is 48.5 Å². The SMILES string of the molecule is Cc1ccc(NC(=O)Cc2c(C)nc3nc(-c4ccc(Cl)cc4)nn3c2C)cc1. The molecule has 2 aromatic carbocycles. The number of carbonyl (C=O) groups excluding carboxylic acids is 1. The molecule has 146 valence electrons. The number of amides is 1. The third-order valence-corrected chi connectivity index (χ3v) is 5.08. The Morgan fingerprint density at radius 1 is 1.00 bits per heavy atom. The van der Waals surface area contributed by atoms with Crippen LogP contribution in [0.5, 0.6) is 0 Å². The van der Waals surface area contributed by atoms with Crippen molar-refractivity contribution in [1.82, 2.24) is 19.6 Å². The normalized spacial score (nSPS) is 11.0. The van der Waals surface area contributed by atoms with Gasteiger partial charge in [0.15, 0.2) is 5.82 Å². The minimum absolute atomic E-state index is 0.0979. The van der Waals surface area contributed by atoms with Gasteiger partial charge in [-0.2, -0.15) is 4.98 Å². The first-order valence-corrected chi connectivity index (χ1v) is 9.64. The number of rotatable bonds is 4. The maximum absolute atomic E-state index is 12.6. The van der Waals surface area contributed by atoms with E-state index in [1.807, 2.05) is 57.2 Å². The quantitative estimate of drug-likeness (QED) is 0.540. The average molecular weight is 406 g/mol. The van der Waals surface area contributed by atoms with Gasteiger partial charge in [0.1, 0.15) is 0 Å². The molecule has 0 unspecified atom stereocenters. The summed E-state index contributed by atoms with van der Waals surface area (Å²) in [5.41, 5.74) is 5.23. The Morgan fingerprint density at radius 3 is 2.38 bits per heavy atom. The van der Waals surface area contributed by atoms with Gasteiger partial charge < -0.3 is 5.32 Å². The second-order valence-electron chi connectivity index (χ2n) is 7.01. The van der Waals surface area contributed by atoms with Gasteiger partial charge in [-0.1, -0.05) is 29.3 Å². The van der Waals surface area contributed by atoms with Crippen LogP contribution < -0.4 is 5.32 Å². The molecule has 2 heterocycles. The molecule has 0 fully saturated rings. The predicted molar refractivity (Wildman–Crippen MR) is 114 cm³/mol. The van der Waals surface area contributed by atoms with Gasteiger partial charge in [-0.25, -0.2) is 9.50 Å². The van der Waals surface area contributed by atoms with Gasteiger partial charge in [0.25, 0.3) is 5.78 Å². The summed E-state index contributed by atoms with van der Waals surface area (Å²) in [4.78, 5) is 21.7.